The Hall–Kier alpha value is -1.22. The molecule has 1 aromatic rings. The van der Waals surface area contributed by atoms with E-state index in [2.05, 4.69) is 4.98 Å². The molecular weight excluding hydrogens is 176 g/mol. The largest absolute Gasteiger partial charge is 0.326 e. The quantitative estimate of drug-likeness (QED) is 0.740. The molecule has 1 aromatic heterocycles. The van der Waals surface area contributed by atoms with Crippen molar-refractivity contribution in [2.24, 2.45) is 11.7 Å². The molecule has 0 aliphatic rings. The summed E-state index contributed by atoms with van der Waals surface area (Å²) in [6.45, 7) is 4.40. The van der Waals surface area contributed by atoms with E-state index in [0.29, 0.717) is 24.6 Å². The van der Waals surface area contributed by atoms with Crippen molar-refractivity contribution in [3.63, 3.8) is 0 Å². The fourth-order valence-electron chi connectivity index (χ4n) is 1.32. The highest BCUT2D eigenvalue weighted by molar-refractivity contribution is 5.95. The molecule has 0 amide bonds. The van der Waals surface area contributed by atoms with Crippen LogP contribution in [0.2, 0.25) is 0 Å². The van der Waals surface area contributed by atoms with Gasteiger partial charge in [-0.25, -0.2) is 0 Å². The van der Waals surface area contributed by atoms with E-state index < -0.39 is 0 Å². The number of rotatable bonds is 4. The normalized spacial score (nSPS) is 10.6. The summed E-state index contributed by atoms with van der Waals surface area (Å²) in [6, 6.07) is 3.65. The Morgan fingerprint density at radius 3 is 2.86 bits per heavy atom. The number of ketones is 1. The lowest BCUT2D eigenvalue weighted by Gasteiger charge is -2.06. The van der Waals surface area contributed by atoms with Crippen LogP contribution in [0.15, 0.2) is 18.3 Å². The smallest absolute Gasteiger partial charge is 0.181 e. The minimum Gasteiger partial charge on any atom is -0.326 e. The molecule has 14 heavy (non-hydrogen) atoms. The van der Waals surface area contributed by atoms with Crippen LogP contribution in [-0.2, 0) is 6.54 Å². The Balaban J connectivity index is 2.88. The SMILES string of the molecule is CC(C)CC(=O)c1ncccc1CN. The van der Waals surface area contributed by atoms with E-state index in [-0.39, 0.29) is 5.78 Å². The molecule has 76 valence electrons. The van der Waals surface area contributed by atoms with Crippen LogP contribution in [-0.4, -0.2) is 10.8 Å². The van der Waals surface area contributed by atoms with Gasteiger partial charge >= 0.3 is 0 Å². The number of hydrogen-bond donors (Lipinski definition) is 1. The summed E-state index contributed by atoms with van der Waals surface area (Å²) in [5.74, 6) is 0.441. The molecule has 0 aromatic carbocycles. The predicted molar refractivity (Wildman–Crippen MR) is 55.9 cm³/mol. The predicted octanol–water partition coefficient (Wildman–Crippen LogP) is 1.77. The molecule has 0 saturated carbocycles. The van der Waals surface area contributed by atoms with Gasteiger partial charge in [0.1, 0.15) is 5.69 Å². The van der Waals surface area contributed by atoms with Crippen LogP contribution >= 0.6 is 0 Å². The van der Waals surface area contributed by atoms with Crippen LogP contribution in [0.4, 0.5) is 0 Å². The van der Waals surface area contributed by atoms with Gasteiger partial charge < -0.3 is 5.73 Å². The van der Waals surface area contributed by atoms with Crippen LogP contribution in [0.3, 0.4) is 0 Å². The molecule has 0 atom stereocenters. The molecule has 0 radical (unpaired) electrons. The van der Waals surface area contributed by atoms with E-state index in [9.17, 15) is 4.79 Å². The molecule has 0 aliphatic heterocycles. The first-order valence-corrected chi connectivity index (χ1v) is 4.82. The van der Waals surface area contributed by atoms with Crippen LogP contribution in [0.5, 0.6) is 0 Å². The maximum Gasteiger partial charge on any atom is 0.181 e. The third-order valence-corrected chi connectivity index (χ3v) is 1.97. The Bertz CT molecular complexity index is 321. The molecular formula is C11H16N2O. The van der Waals surface area contributed by atoms with E-state index in [1.807, 2.05) is 19.9 Å². The summed E-state index contributed by atoms with van der Waals surface area (Å²) < 4.78 is 0. The van der Waals surface area contributed by atoms with E-state index in [0.717, 1.165) is 5.56 Å². The summed E-state index contributed by atoms with van der Waals surface area (Å²) in [5.41, 5.74) is 6.89. The highest BCUT2D eigenvalue weighted by atomic mass is 16.1. The second-order valence-electron chi connectivity index (χ2n) is 3.74. The highest BCUT2D eigenvalue weighted by Gasteiger charge is 2.12. The number of carbonyl (C=O) groups is 1. The third kappa shape index (κ3) is 2.64. The first-order valence-electron chi connectivity index (χ1n) is 4.82. The first kappa shape index (κ1) is 10.9. The van der Waals surface area contributed by atoms with Crippen molar-refractivity contribution >= 4 is 5.78 Å². The van der Waals surface area contributed by atoms with Crippen molar-refractivity contribution in [2.75, 3.05) is 0 Å². The van der Waals surface area contributed by atoms with Gasteiger partial charge in [-0.1, -0.05) is 19.9 Å². The van der Waals surface area contributed by atoms with Crippen molar-refractivity contribution in [1.82, 2.24) is 4.98 Å². The third-order valence-electron chi connectivity index (χ3n) is 1.97. The standard InChI is InChI=1S/C11H16N2O/c1-8(2)6-10(14)11-9(7-12)4-3-5-13-11/h3-5,8H,6-7,12H2,1-2H3. The van der Waals surface area contributed by atoms with Gasteiger partial charge in [0.2, 0.25) is 0 Å². The summed E-state index contributed by atoms with van der Waals surface area (Å²) in [4.78, 5) is 15.8. The summed E-state index contributed by atoms with van der Waals surface area (Å²) in [5, 5.41) is 0. The molecule has 0 saturated heterocycles. The minimum absolute atomic E-state index is 0.0843. The van der Waals surface area contributed by atoms with Crippen LogP contribution < -0.4 is 5.73 Å². The van der Waals surface area contributed by atoms with Crippen LogP contribution in [0.25, 0.3) is 0 Å². The summed E-state index contributed by atoms with van der Waals surface area (Å²) in [7, 11) is 0. The maximum atomic E-state index is 11.7. The summed E-state index contributed by atoms with van der Waals surface area (Å²) in [6.07, 6.45) is 2.16. The molecule has 3 heteroatoms. The zero-order chi connectivity index (χ0) is 10.6. The van der Waals surface area contributed by atoms with Gasteiger partial charge in [-0.2, -0.15) is 0 Å². The lowest BCUT2D eigenvalue weighted by atomic mass is 10.0. The number of pyridine rings is 1. The number of Topliss-reactive ketones (excluding diaryl/α,β-unsaturated/α-hetero) is 1. The van der Waals surface area contributed by atoms with Gasteiger partial charge in [0, 0.05) is 19.2 Å². The van der Waals surface area contributed by atoms with Crippen molar-refractivity contribution in [2.45, 2.75) is 26.8 Å². The van der Waals surface area contributed by atoms with E-state index >= 15 is 0 Å². The number of nitrogens with zero attached hydrogens (tertiary/aromatic N) is 1. The van der Waals surface area contributed by atoms with E-state index in [1.165, 1.54) is 0 Å². The van der Waals surface area contributed by atoms with Gasteiger partial charge in [0.15, 0.2) is 5.78 Å². The van der Waals surface area contributed by atoms with E-state index in [4.69, 9.17) is 5.73 Å². The molecule has 0 bridgehead atoms. The molecule has 1 rings (SSSR count). The summed E-state index contributed by atoms with van der Waals surface area (Å²) >= 11 is 0. The second-order valence-corrected chi connectivity index (χ2v) is 3.74. The number of nitrogens with two attached hydrogens (primary N) is 1. The lowest BCUT2D eigenvalue weighted by molar-refractivity contribution is 0.0962. The van der Waals surface area contributed by atoms with Crippen molar-refractivity contribution in [3.8, 4) is 0 Å². The minimum atomic E-state index is 0.0843. The number of carbonyl (C=O) groups excluding carboxylic acids is 1. The molecule has 3 nitrogen and oxygen atoms in total. The lowest BCUT2D eigenvalue weighted by Crippen LogP contribution is -2.11. The number of aromatic nitrogens is 1. The zero-order valence-corrected chi connectivity index (χ0v) is 8.66. The average molecular weight is 192 g/mol. The monoisotopic (exact) mass is 192 g/mol. The molecule has 0 aliphatic carbocycles. The van der Waals surface area contributed by atoms with Crippen LogP contribution in [0, 0.1) is 5.92 Å². The van der Waals surface area contributed by atoms with Crippen molar-refractivity contribution in [1.29, 1.82) is 0 Å². The van der Waals surface area contributed by atoms with Gasteiger partial charge in [-0.05, 0) is 17.5 Å². The molecule has 0 fully saturated rings. The Morgan fingerprint density at radius 2 is 2.29 bits per heavy atom. The Labute approximate surface area is 84.3 Å². The van der Waals surface area contributed by atoms with Gasteiger partial charge in [0.25, 0.3) is 0 Å². The van der Waals surface area contributed by atoms with Gasteiger partial charge in [-0.15, -0.1) is 0 Å². The molecule has 2 N–H and O–H groups in total. The van der Waals surface area contributed by atoms with Crippen molar-refractivity contribution in [3.05, 3.63) is 29.6 Å². The Kier molecular flexibility index (Phi) is 3.77. The second kappa shape index (κ2) is 4.86. The van der Waals surface area contributed by atoms with Crippen molar-refractivity contribution < 1.29 is 4.79 Å². The Morgan fingerprint density at radius 1 is 1.57 bits per heavy atom. The zero-order valence-electron chi connectivity index (χ0n) is 8.66. The first-order chi connectivity index (χ1) is 6.65. The van der Waals surface area contributed by atoms with Gasteiger partial charge in [0.05, 0.1) is 0 Å². The molecule has 0 unspecified atom stereocenters. The van der Waals surface area contributed by atoms with Crippen LogP contribution in [0.1, 0.15) is 36.3 Å². The van der Waals surface area contributed by atoms with Gasteiger partial charge in [-0.3, -0.25) is 9.78 Å². The van der Waals surface area contributed by atoms with E-state index in [1.54, 1.807) is 12.3 Å². The maximum absolute atomic E-state index is 11.7. The fraction of sp³-hybridized carbons (Fsp3) is 0.455. The number of hydrogen-bond acceptors (Lipinski definition) is 3. The average Bonchev–Trinajstić information content (AvgIpc) is 2.16. The molecule has 0 spiro atoms. The topological polar surface area (TPSA) is 56.0 Å². The highest BCUT2D eigenvalue weighted by Crippen LogP contribution is 2.11. The fourth-order valence-corrected chi connectivity index (χ4v) is 1.32. The molecule has 1 heterocycles.